The molecule has 4 atom stereocenters. The summed E-state index contributed by atoms with van der Waals surface area (Å²) in [4.78, 5) is 13.9. The molecule has 5 heteroatoms. The van der Waals surface area contributed by atoms with Gasteiger partial charge in [-0.05, 0) is 37.5 Å². The molecule has 0 aromatic rings. The van der Waals surface area contributed by atoms with Crippen LogP contribution < -0.4 is 5.32 Å². The predicted octanol–water partition coefficient (Wildman–Crippen LogP) is 1.73. The minimum atomic E-state index is -0.507. The molecular weight excluding hydrogens is 268 g/mol. The highest BCUT2D eigenvalue weighted by atomic mass is 16.3. The number of carbonyl (C=O) groups excluding carboxylic acids is 1. The first kappa shape index (κ1) is 16.6. The Morgan fingerprint density at radius 3 is 2.71 bits per heavy atom. The van der Waals surface area contributed by atoms with Crippen molar-refractivity contribution >= 4 is 6.03 Å². The lowest BCUT2D eigenvalue weighted by molar-refractivity contribution is 0.151. The van der Waals surface area contributed by atoms with Crippen molar-refractivity contribution in [3.8, 4) is 0 Å². The summed E-state index contributed by atoms with van der Waals surface area (Å²) in [5, 5.41) is 22.1. The molecule has 1 aliphatic heterocycles. The van der Waals surface area contributed by atoms with Crippen LogP contribution in [0, 0.1) is 11.8 Å². The lowest BCUT2D eigenvalue weighted by Gasteiger charge is -2.26. The summed E-state index contributed by atoms with van der Waals surface area (Å²) in [5.74, 6) is 1.48. The number of aliphatic hydroxyl groups is 2. The van der Waals surface area contributed by atoms with Gasteiger partial charge in [0.2, 0.25) is 0 Å². The van der Waals surface area contributed by atoms with Crippen LogP contribution in [0.1, 0.15) is 52.4 Å². The number of rotatable bonds is 3. The molecule has 2 aliphatic rings. The number of nitrogens with one attached hydrogen (secondary N) is 1. The molecule has 2 rings (SSSR count). The van der Waals surface area contributed by atoms with Gasteiger partial charge in [-0.25, -0.2) is 4.79 Å². The first-order valence-corrected chi connectivity index (χ1v) is 8.37. The van der Waals surface area contributed by atoms with Gasteiger partial charge in [-0.1, -0.05) is 26.7 Å². The zero-order valence-electron chi connectivity index (χ0n) is 13.3. The molecule has 0 aromatic heterocycles. The van der Waals surface area contributed by atoms with Crippen molar-refractivity contribution < 1.29 is 15.0 Å². The van der Waals surface area contributed by atoms with Gasteiger partial charge in [-0.15, -0.1) is 0 Å². The molecule has 2 fully saturated rings. The monoisotopic (exact) mass is 298 g/mol. The van der Waals surface area contributed by atoms with Crippen LogP contribution in [-0.2, 0) is 0 Å². The van der Waals surface area contributed by atoms with Crippen molar-refractivity contribution in [3.63, 3.8) is 0 Å². The van der Waals surface area contributed by atoms with Crippen LogP contribution in [0.2, 0.25) is 0 Å². The van der Waals surface area contributed by atoms with E-state index < -0.39 is 6.10 Å². The Morgan fingerprint density at radius 2 is 2.05 bits per heavy atom. The first-order chi connectivity index (χ1) is 10.0. The van der Waals surface area contributed by atoms with Crippen molar-refractivity contribution in [2.45, 2.75) is 70.6 Å². The number of nitrogens with zero attached hydrogens (tertiary/aromatic N) is 1. The third-order valence-corrected chi connectivity index (χ3v) is 5.15. The Bertz CT molecular complexity index is 348. The summed E-state index contributed by atoms with van der Waals surface area (Å²) in [6.07, 6.45) is 5.64. The quantitative estimate of drug-likeness (QED) is 0.695. The molecule has 1 heterocycles. The minimum absolute atomic E-state index is 0.0788. The van der Waals surface area contributed by atoms with E-state index in [2.05, 4.69) is 19.2 Å². The van der Waals surface area contributed by atoms with Crippen molar-refractivity contribution in [1.29, 1.82) is 0 Å². The molecule has 2 unspecified atom stereocenters. The van der Waals surface area contributed by atoms with Gasteiger partial charge >= 0.3 is 6.03 Å². The fourth-order valence-electron chi connectivity index (χ4n) is 3.71. The maximum absolute atomic E-state index is 12.3. The van der Waals surface area contributed by atoms with Gasteiger partial charge in [0.05, 0.1) is 18.8 Å². The van der Waals surface area contributed by atoms with Gasteiger partial charge in [-0.3, -0.25) is 0 Å². The first-order valence-electron chi connectivity index (χ1n) is 8.37. The van der Waals surface area contributed by atoms with E-state index in [1.807, 2.05) is 0 Å². The van der Waals surface area contributed by atoms with Crippen LogP contribution in [0.4, 0.5) is 4.79 Å². The van der Waals surface area contributed by atoms with Gasteiger partial charge in [0, 0.05) is 12.6 Å². The van der Waals surface area contributed by atoms with Crippen LogP contribution in [0.15, 0.2) is 0 Å². The molecule has 122 valence electrons. The summed E-state index contributed by atoms with van der Waals surface area (Å²) < 4.78 is 0. The molecule has 0 radical (unpaired) electrons. The Labute approximate surface area is 127 Å². The van der Waals surface area contributed by atoms with E-state index in [0.717, 1.165) is 18.8 Å². The lowest BCUT2D eigenvalue weighted by Crippen LogP contribution is -2.48. The van der Waals surface area contributed by atoms with Gasteiger partial charge < -0.3 is 20.4 Å². The standard InChI is InChI=1S/C16H30N2O3/c1-11(2)12-4-3-5-13(7-6-12)17-16(21)18-9-15(20)8-14(18)10-19/h11-15,19-20H,3-10H2,1-2H3,(H,17,21)/t12?,13?,14-,15-/m0/s1. The lowest BCUT2D eigenvalue weighted by atomic mass is 9.89. The summed E-state index contributed by atoms with van der Waals surface area (Å²) in [6, 6.07) is -0.133. The number of amides is 2. The second-order valence-electron chi connectivity index (χ2n) is 7.04. The molecule has 21 heavy (non-hydrogen) atoms. The third kappa shape index (κ3) is 4.33. The number of hydrogen-bond acceptors (Lipinski definition) is 3. The predicted molar refractivity (Wildman–Crippen MR) is 81.9 cm³/mol. The second-order valence-corrected chi connectivity index (χ2v) is 7.04. The van der Waals surface area contributed by atoms with Gasteiger partial charge in [0.15, 0.2) is 0 Å². The smallest absolute Gasteiger partial charge is 0.318 e. The molecule has 2 amide bonds. The molecule has 5 nitrogen and oxygen atoms in total. The van der Waals surface area contributed by atoms with Crippen molar-refractivity contribution in [2.75, 3.05) is 13.2 Å². The van der Waals surface area contributed by atoms with Crippen LogP contribution in [0.3, 0.4) is 0 Å². The third-order valence-electron chi connectivity index (χ3n) is 5.15. The molecule has 0 spiro atoms. The largest absolute Gasteiger partial charge is 0.394 e. The Morgan fingerprint density at radius 1 is 1.29 bits per heavy atom. The molecule has 0 aromatic carbocycles. The average molecular weight is 298 g/mol. The molecule has 0 bridgehead atoms. The normalized spacial score (nSPS) is 34.0. The van der Waals surface area contributed by atoms with Gasteiger partial charge in [-0.2, -0.15) is 0 Å². The highest BCUT2D eigenvalue weighted by Gasteiger charge is 2.34. The van der Waals surface area contributed by atoms with E-state index in [9.17, 15) is 15.0 Å². The number of urea groups is 1. The number of carbonyl (C=O) groups is 1. The van der Waals surface area contributed by atoms with E-state index in [4.69, 9.17) is 0 Å². The molecule has 1 aliphatic carbocycles. The van der Waals surface area contributed by atoms with Crippen LogP contribution in [0.5, 0.6) is 0 Å². The summed E-state index contributed by atoms with van der Waals surface area (Å²) in [6.45, 7) is 4.81. The molecule has 3 N–H and O–H groups in total. The topological polar surface area (TPSA) is 72.8 Å². The van der Waals surface area contributed by atoms with Crippen molar-refractivity contribution in [1.82, 2.24) is 10.2 Å². The number of β-amino-alcohol motifs (C(OH)–C–C–N with tert-alkyl or cyclic N) is 1. The highest BCUT2D eigenvalue weighted by Crippen LogP contribution is 2.29. The fraction of sp³-hybridized carbons (Fsp3) is 0.938. The van der Waals surface area contributed by atoms with E-state index in [0.29, 0.717) is 18.9 Å². The zero-order chi connectivity index (χ0) is 15.4. The average Bonchev–Trinajstić information content (AvgIpc) is 2.67. The number of aliphatic hydroxyl groups excluding tert-OH is 2. The van der Waals surface area contributed by atoms with Gasteiger partial charge in [0.1, 0.15) is 0 Å². The fourth-order valence-corrected chi connectivity index (χ4v) is 3.71. The van der Waals surface area contributed by atoms with E-state index in [1.54, 1.807) is 4.90 Å². The van der Waals surface area contributed by atoms with E-state index >= 15 is 0 Å². The molecular formula is C16H30N2O3. The Kier molecular flexibility index (Phi) is 5.88. The molecule has 1 saturated heterocycles. The van der Waals surface area contributed by atoms with Gasteiger partial charge in [0.25, 0.3) is 0 Å². The number of likely N-dealkylation sites (tertiary alicyclic amines) is 1. The van der Waals surface area contributed by atoms with E-state index in [-0.39, 0.29) is 24.7 Å². The van der Waals surface area contributed by atoms with Crippen LogP contribution in [-0.4, -0.2) is 52.5 Å². The summed E-state index contributed by atoms with van der Waals surface area (Å²) in [7, 11) is 0. The molecule has 1 saturated carbocycles. The maximum atomic E-state index is 12.3. The second kappa shape index (κ2) is 7.45. The minimum Gasteiger partial charge on any atom is -0.394 e. The highest BCUT2D eigenvalue weighted by molar-refractivity contribution is 5.75. The van der Waals surface area contributed by atoms with Crippen LogP contribution in [0.25, 0.3) is 0 Å². The summed E-state index contributed by atoms with van der Waals surface area (Å²) in [5.41, 5.74) is 0. The zero-order valence-corrected chi connectivity index (χ0v) is 13.3. The van der Waals surface area contributed by atoms with Crippen molar-refractivity contribution in [2.24, 2.45) is 11.8 Å². The van der Waals surface area contributed by atoms with E-state index in [1.165, 1.54) is 19.3 Å². The number of hydrogen-bond donors (Lipinski definition) is 3. The Balaban J connectivity index is 1.85. The maximum Gasteiger partial charge on any atom is 0.318 e. The summed E-state index contributed by atoms with van der Waals surface area (Å²) >= 11 is 0. The van der Waals surface area contributed by atoms with Crippen LogP contribution >= 0.6 is 0 Å². The SMILES string of the molecule is CC(C)C1CCCC(NC(=O)N2C[C@@H](O)C[C@H]2CO)CC1. The Hall–Kier alpha value is -0.810. The van der Waals surface area contributed by atoms with Crippen molar-refractivity contribution in [3.05, 3.63) is 0 Å².